The third kappa shape index (κ3) is 4.94. The van der Waals surface area contributed by atoms with Crippen LogP contribution in [0.1, 0.15) is 66.7 Å². The molecule has 0 radical (unpaired) electrons. The maximum absolute atomic E-state index is 14.6. The summed E-state index contributed by atoms with van der Waals surface area (Å²) in [6.45, 7) is 1.30. The molecule has 1 saturated carbocycles. The van der Waals surface area contributed by atoms with Gasteiger partial charge in [0.15, 0.2) is 0 Å². The minimum Gasteiger partial charge on any atom is -0.481 e. The Labute approximate surface area is 209 Å². The van der Waals surface area contributed by atoms with Gasteiger partial charge in [0.2, 0.25) is 0 Å². The van der Waals surface area contributed by atoms with Gasteiger partial charge in [0, 0.05) is 25.4 Å². The highest BCUT2D eigenvalue weighted by Crippen LogP contribution is 2.41. The summed E-state index contributed by atoms with van der Waals surface area (Å²) in [5.74, 6) is -1.49. The van der Waals surface area contributed by atoms with Gasteiger partial charge in [0.1, 0.15) is 17.6 Å². The molecular formula is C29H28FN3O3. The number of hydrogen-bond donors (Lipinski definition) is 1. The molecule has 0 bridgehead atoms. The Bertz CT molecular complexity index is 1300. The summed E-state index contributed by atoms with van der Waals surface area (Å²) in [5, 5.41) is 18.6. The van der Waals surface area contributed by atoms with Crippen molar-refractivity contribution in [3.05, 3.63) is 81.8 Å². The molecule has 36 heavy (non-hydrogen) atoms. The van der Waals surface area contributed by atoms with Gasteiger partial charge in [-0.2, -0.15) is 5.26 Å². The largest absolute Gasteiger partial charge is 0.481 e. The van der Waals surface area contributed by atoms with Gasteiger partial charge in [0.05, 0.1) is 11.3 Å². The quantitative estimate of drug-likeness (QED) is 0.571. The summed E-state index contributed by atoms with van der Waals surface area (Å²) in [6.07, 6.45) is 4.89. The highest BCUT2D eigenvalue weighted by molar-refractivity contribution is 6.11. The lowest BCUT2D eigenvalue weighted by Gasteiger charge is -2.20. The Morgan fingerprint density at radius 2 is 1.83 bits per heavy atom. The van der Waals surface area contributed by atoms with Crippen LogP contribution in [0.15, 0.2) is 58.7 Å². The highest BCUT2D eigenvalue weighted by atomic mass is 19.1. The summed E-state index contributed by atoms with van der Waals surface area (Å²) in [5.41, 5.74) is 4.35. The number of carboxylic acid groups (broad SMARTS) is 1. The number of aliphatic carboxylic acids is 1. The van der Waals surface area contributed by atoms with Gasteiger partial charge in [-0.15, -0.1) is 0 Å². The summed E-state index contributed by atoms with van der Waals surface area (Å²) < 4.78 is 14.6. The summed E-state index contributed by atoms with van der Waals surface area (Å²) in [6, 6.07) is 14.6. The molecule has 1 aliphatic carbocycles. The van der Waals surface area contributed by atoms with E-state index in [1.165, 1.54) is 30.5 Å². The van der Waals surface area contributed by atoms with E-state index in [1.807, 2.05) is 6.07 Å². The average molecular weight is 486 g/mol. The lowest BCUT2D eigenvalue weighted by molar-refractivity contribution is -0.137. The average Bonchev–Trinajstić information content (AvgIpc) is 3.45. The molecule has 0 aromatic heterocycles. The second-order valence-corrected chi connectivity index (χ2v) is 9.84. The lowest BCUT2D eigenvalue weighted by Crippen LogP contribution is -2.29. The van der Waals surface area contributed by atoms with Crippen molar-refractivity contribution in [1.82, 2.24) is 4.90 Å². The smallest absolute Gasteiger partial charge is 0.303 e. The number of rotatable bonds is 8. The number of likely N-dealkylation sites (tertiary alicyclic amines) is 1. The number of allylic oxidation sites excluding steroid dienone is 1. The number of carboxylic acids is 1. The van der Waals surface area contributed by atoms with Crippen LogP contribution in [0.2, 0.25) is 0 Å². The summed E-state index contributed by atoms with van der Waals surface area (Å²) in [7, 11) is 0. The van der Waals surface area contributed by atoms with Crippen molar-refractivity contribution in [2.45, 2.75) is 50.9 Å². The van der Waals surface area contributed by atoms with Crippen LogP contribution in [-0.2, 0) is 16.0 Å². The molecule has 1 amide bonds. The first kappa shape index (κ1) is 23.9. The van der Waals surface area contributed by atoms with Crippen LogP contribution in [0, 0.1) is 23.1 Å². The number of hydrogen-bond acceptors (Lipinski definition) is 4. The van der Waals surface area contributed by atoms with Crippen LogP contribution in [0.25, 0.3) is 0 Å². The number of halogens is 1. The molecule has 1 saturated heterocycles. The maximum atomic E-state index is 14.6. The molecular weight excluding hydrogens is 457 g/mol. The van der Waals surface area contributed by atoms with Crippen molar-refractivity contribution in [2.24, 2.45) is 10.9 Å². The molecule has 0 spiro atoms. The van der Waals surface area contributed by atoms with E-state index in [-0.39, 0.29) is 35.9 Å². The fourth-order valence-corrected chi connectivity index (χ4v) is 5.22. The van der Waals surface area contributed by atoms with Crippen LogP contribution in [-0.4, -0.2) is 40.7 Å². The molecule has 2 fully saturated rings. The molecule has 3 aliphatic rings. The van der Waals surface area contributed by atoms with E-state index in [9.17, 15) is 19.1 Å². The third-order valence-electron chi connectivity index (χ3n) is 7.34. The summed E-state index contributed by atoms with van der Waals surface area (Å²) in [4.78, 5) is 31.5. The first-order valence-electron chi connectivity index (χ1n) is 12.6. The molecule has 1 unspecified atom stereocenters. The fourth-order valence-electron chi connectivity index (χ4n) is 5.22. The molecule has 2 heterocycles. The number of benzene rings is 2. The van der Waals surface area contributed by atoms with Crippen LogP contribution in [0.5, 0.6) is 0 Å². The first-order chi connectivity index (χ1) is 17.4. The predicted molar refractivity (Wildman–Crippen MR) is 133 cm³/mol. The second-order valence-electron chi connectivity index (χ2n) is 9.84. The SMILES string of the molecule is N#Cc1ccc(C2=NC(C(=O)N3CCCC3)=C(CCC(=O)O)C2Cc2ccc(C3CC3)cc2)cc1F. The van der Waals surface area contributed by atoms with E-state index in [0.29, 0.717) is 42.3 Å². The predicted octanol–water partition coefficient (Wildman–Crippen LogP) is 4.98. The molecule has 2 aromatic carbocycles. The van der Waals surface area contributed by atoms with Crippen LogP contribution in [0.4, 0.5) is 4.39 Å². The highest BCUT2D eigenvalue weighted by Gasteiger charge is 2.36. The Balaban J connectivity index is 1.55. The number of amides is 1. The molecule has 7 heteroatoms. The van der Waals surface area contributed by atoms with Crippen molar-refractivity contribution >= 4 is 17.6 Å². The Morgan fingerprint density at radius 3 is 2.44 bits per heavy atom. The number of carbonyl (C=O) groups excluding carboxylic acids is 1. The second kappa shape index (κ2) is 10.1. The molecule has 2 aliphatic heterocycles. The number of nitriles is 1. The van der Waals surface area contributed by atoms with E-state index >= 15 is 0 Å². The van der Waals surface area contributed by atoms with Crippen molar-refractivity contribution in [3.8, 4) is 6.07 Å². The number of nitrogens with zero attached hydrogens (tertiary/aromatic N) is 3. The minimum atomic E-state index is -0.944. The van der Waals surface area contributed by atoms with E-state index in [0.717, 1.165) is 18.4 Å². The van der Waals surface area contributed by atoms with Crippen molar-refractivity contribution in [2.75, 3.05) is 13.1 Å². The molecule has 1 atom stereocenters. The van der Waals surface area contributed by atoms with Crippen LogP contribution in [0.3, 0.4) is 0 Å². The van der Waals surface area contributed by atoms with Gasteiger partial charge in [0.25, 0.3) is 5.91 Å². The van der Waals surface area contributed by atoms with Gasteiger partial charge >= 0.3 is 5.97 Å². The van der Waals surface area contributed by atoms with Gasteiger partial charge in [-0.3, -0.25) is 9.59 Å². The van der Waals surface area contributed by atoms with Crippen molar-refractivity contribution in [1.29, 1.82) is 5.26 Å². The van der Waals surface area contributed by atoms with Gasteiger partial charge in [-0.05, 0) is 78.8 Å². The Morgan fingerprint density at radius 1 is 1.11 bits per heavy atom. The Hall–Kier alpha value is -3.79. The van der Waals surface area contributed by atoms with Crippen LogP contribution >= 0.6 is 0 Å². The monoisotopic (exact) mass is 485 g/mol. The van der Waals surface area contributed by atoms with E-state index in [1.54, 1.807) is 11.0 Å². The van der Waals surface area contributed by atoms with E-state index < -0.39 is 11.8 Å². The van der Waals surface area contributed by atoms with E-state index in [2.05, 4.69) is 24.3 Å². The molecule has 2 aromatic rings. The molecule has 5 rings (SSSR count). The fraction of sp³-hybridized carbons (Fsp3) is 0.379. The van der Waals surface area contributed by atoms with Crippen molar-refractivity contribution in [3.63, 3.8) is 0 Å². The van der Waals surface area contributed by atoms with Gasteiger partial charge < -0.3 is 10.0 Å². The minimum absolute atomic E-state index is 0.0583. The number of carbonyl (C=O) groups is 2. The topological polar surface area (TPSA) is 93.8 Å². The maximum Gasteiger partial charge on any atom is 0.303 e. The summed E-state index contributed by atoms with van der Waals surface area (Å²) >= 11 is 0. The first-order valence-corrected chi connectivity index (χ1v) is 12.6. The lowest BCUT2D eigenvalue weighted by atomic mass is 9.83. The zero-order valence-electron chi connectivity index (χ0n) is 20.0. The van der Waals surface area contributed by atoms with Crippen molar-refractivity contribution < 1.29 is 19.1 Å². The van der Waals surface area contributed by atoms with Gasteiger partial charge in [-0.1, -0.05) is 30.3 Å². The molecule has 1 N–H and O–H groups in total. The standard InChI is InChI=1S/C29H28FN3O3/c30-25-16-21(9-10-22(25)17-31)27-24(15-18-3-5-19(6-4-18)20-7-8-20)23(11-12-26(34)35)28(32-27)29(36)33-13-1-2-14-33/h3-6,9-10,16,20,24H,1-2,7-8,11-15H2,(H,34,35). The molecule has 6 nitrogen and oxygen atoms in total. The molecule has 184 valence electrons. The third-order valence-corrected chi connectivity index (χ3v) is 7.34. The zero-order valence-corrected chi connectivity index (χ0v) is 20.0. The van der Waals surface area contributed by atoms with Crippen LogP contribution < -0.4 is 0 Å². The zero-order chi connectivity index (χ0) is 25.2. The Kier molecular flexibility index (Phi) is 6.69. The van der Waals surface area contributed by atoms with Gasteiger partial charge in [-0.25, -0.2) is 9.38 Å². The number of aliphatic imine (C=N–C) groups is 1. The normalized spacial score (nSPS) is 19.4. The van der Waals surface area contributed by atoms with E-state index in [4.69, 9.17) is 10.3 Å².